The average molecular weight is 325 g/mol. The fourth-order valence-electron chi connectivity index (χ4n) is 2.20. The van der Waals surface area contributed by atoms with Gasteiger partial charge in [-0.1, -0.05) is 30.7 Å². The quantitative estimate of drug-likeness (QED) is 0.842. The summed E-state index contributed by atoms with van der Waals surface area (Å²) in [7, 11) is 0. The van der Waals surface area contributed by atoms with E-state index in [-0.39, 0.29) is 6.04 Å². The summed E-state index contributed by atoms with van der Waals surface area (Å²) in [4.78, 5) is 5.79. The fourth-order valence-corrected chi connectivity index (χ4v) is 3.36. The van der Waals surface area contributed by atoms with E-state index in [0.29, 0.717) is 11.6 Å². The molecule has 0 saturated heterocycles. The first kappa shape index (κ1) is 16.4. The number of aryl methyl sites for hydroxylation is 2. The molecule has 2 aromatic rings. The first-order chi connectivity index (χ1) is 10.0. The van der Waals surface area contributed by atoms with E-state index >= 15 is 0 Å². The van der Waals surface area contributed by atoms with Crippen molar-refractivity contribution in [2.75, 3.05) is 6.54 Å². The summed E-state index contributed by atoms with van der Waals surface area (Å²) in [5.74, 6) is 0. The number of nitrogens with zero attached hydrogens (tertiary/aromatic N) is 1. The maximum Gasteiger partial charge on any atom is 0.0928 e. The number of nitrogens with one attached hydrogen (secondary N) is 1. The van der Waals surface area contributed by atoms with E-state index in [4.69, 9.17) is 11.6 Å². The molecular weight excluding hydrogens is 304 g/mol. The molecule has 0 amide bonds. The van der Waals surface area contributed by atoms with Gasteiger partial charge in [0.1, 0.15) is 0 Å². The Morgan fingerprint density at radius 2 is 2.00 bits per heavy atom. The third kappa shape index (κ3) is 4.27. The SMILES string of the molecule is CCc1nc(C)c(C(C)NCC(O)c2ccc(Cl)cc2)s1. The van der Waals surface area contributed by atoms with Crippen molar-refractivity contribution < 1.29 is 5.11 Å². The molecule has 3 nitrogen and oxygen atoms in total. The molecule has 1 heterocycles. The molecule has 0 aliphatic carbocycles. The molecule has 21 heavy (non-hydrogen) atoms. The van der Waals surface area contributed by atoms with Crippen molar-refractivity contribution in [2.45, 2.75) is 39.3 Å². The molecule has 1 aromatic carbocycles. The van der Waals surface area contributed by atoms with Crippen molar-refractivity contribution in [1.29, 1.82) is 0 Å². The van der Waals surface area contributed by atoms with Crippen LogP contribution in [0.5, 0.6) is 0 Å². The van der Waals surface area contributed by atoms with Gasteiger partial charge in [-0.05, 0) is 38.0 Å². The first-order valence-electron chi connectivity index (χ1n) is 7.14. The molecular formula is C16H21ClN2OS. The van der Waals surface area contributed by atoms with Crippen LogP contribution < -0.4 is 5.32 Å². The minimum Gasteiger partial charge on any atom is -0.387 e. The summed E-state index contributed by atoms with van der Waals surface area (Å²) < 4.78 is 0. The summed E-state index contributed by atoms with van der Waals surface area (Å²) in [6.45, 7) is 6.76. The van der Waals surface area contributed by atoms with E-state index in [1.807, 2.05) is 19.1 Å². The summed E-state index contributed by atoms with van der Waals surface area (Å²) in [6.07, 6.45) is 0.426. The van der Waals surface area contributed by atoms with Crippen molar-refractivity contribution in [1.82, 2.24) is 10.3 Å². The number of hydrogen-bond acceptors (Lipinski definition) is 4. The largest absolute Gasteiger partial charge is 0.387 e. The van der Waals surface area contributed by atoms with Gasteiger partial charge in [0.2, 0.25) is 0 Å². The number of hydrogen-bond donors (Lipinski definition) is 2. The zero-order valence-electron chi connectivity index (χ0n) is 12.6. The van der Waals surface area contributed by atoms with Gasteiger partial charge in [-0.3, -0.25) is 0 Å². The minimum absolute atomic E-state index is 0.185. The Morgan fingerprint density at radius 1 is 1.33 bits per heavy atom. The molecule has 0 saturated carbocycles. The molecule has 2 atom stereocenters. The lowest BCUT2D eigenvalue weighted by Crippen LogP contribution is -2.24. The summed E-state index contributed by atoms with van der Waals surface area (Å²) in [6, 6.07) is 7.48. The summed E-state index contributed by atoms with van der Waals surface area (Å²) in [5.41, 5.74) is 1.95. The monoisotopic (exact) mass is 324 g/mol. The third-order valence-corrected chi connectivity index (χ3v) is 5.18. The molecule has 5 heteroatoms. The van der Waals surface area contributed by atoms with Crippen LogP contribution in [0.25, 0.3) is 0 Å². The smallest absolute Gasteiger partial charge is 0.0928 e. The Kier molecular flexibility index (Phi) is 5.76. The zero-order chi connectivity index (χ0) is 15.4. The van der Waals surface area contributed by atoms with E-state index in [0.717, 1.165) is 22.7 Å². The van der Waals surface area contributed by atoms with E-state index in [2.05, 4.69) is 24.1 Å². The molecule has 0 fully saturated rings. The number of aliphatic hydroxyl groups excluding tert-OH is 1. The molecule has 2 rings (SSSR count). The second-order valence-electron chi connectivity index (χ2n) is 5.11. The van der Waals surface area contributed by atoms with Gasteiger partial charge in [0.15, 0.2) is 0 Å². The Hall–Kier alpha value is -0.940. The standard InChI is InChI=1S/C16H21ClN2OS/c1-4-15-19-11(3)16(21-15)10(2)18-9-14(20)12-5-7-13(17)8-6-12/h5-8,10,14,18,20H,4,9H2,1-3H3. The van der Waals surface area contributed by atoms with Gasteiger partial charge in [-0.15, -0.1) is 11.3 Å². The van der Waals surface area contributed by atoms with Gasteiger partial charge in [0.05, 0.1) is 16.8 Å². The summed E-state index contributed by atoms with van der Waals surface area (Å²) >= 11 is 7.60. The Labute approximate surface area is 135 Å². The molecule has 0 aliphatic heterocycles. The van der Waals surface area contributed by atoms with E-state index in [1.54, 1.807) is 23.5 Å². The van der Waals surface area contributed by atoms with Crippen LogP contribution in [-0.4, -0.2) is 16.6 Å². The zero-order valence-corrected chi connectivity index (χ0v) is 14.1. The number of aliphatic hydroxyl groups is 1. The highest BCUT2D eigenvalue weighted by molar-refractivity contribution is 7.11. The fraction of sp³-hybridized carbons (Fsp3) is 0.438. The van der Waals surface area contributed by atoms with Crippen molar-refractivity contribution in [3.63, 3.8) is 0 Å². The van der Waals surface area contributed by atoms with Crippen molar-refractivity contribution in [3.8, 4) is 0 Å². The van der Waals surface area contributed by atoms with Crippen LogP contribution in [0.4, 0.5) is 0 Å². The van der Waals surface area contributed by atoms with Gasteiger partial charge < -0.3 is 10.4 Å². The van der Waals surface area contributed by atoms with Gasteiger partial charge in [0, 0.05) is 22.5 Å². The molecule has 0 aliphatic rings. The first-order valence-corrected chi connectivity index (χ1v) is 8.33. The van der Waals surface area contributed by atoms with Gasteiger partial charge in [-0.25, -0.2) is 4.98 Å². The molecule has 0 bridgehead atoms. The normalized spacial score (nSPS) is 14.1. The highest BCUT2D eigenvalue weighted by Crippen LogP contribution is 2.26. The number of rotatable bonds is 6. The van der Waals surface area contributed by atoms with Crippen molar-refractivity contribution in [3.05, 3.63) is 50.4 Å². The molecule has 2 N–H and O–H groups in total. The van der Waals surface area contributed by atoms with Crippen LogP contribution in [0.3, 0.4) is 0 Å². The van der Waals surface area contributed by atoms with Gasteiger partial charge >= 0.3 is 0 Å². The van der Waals surface area contributed by atoms with Crippen LogP contribution in [0.2, 0.25) is 5.02 Å². The van der Waals surface area contributed by atoms with Crippen LogP contribution in [0, 0.1) is 6.92 Å². The van der Waals surface area contributed by atoms with Crippen molar-refractivity contribution in [2.24, 2.45) is 0 Å². The van der Waals surface area contributed by atoms with E-state index in [9.17, 15) is 5.11 Å². The van der Waals surface area contributed by atoms with Crippen LogP contribution in [-0.2, 0) is 6.42 Å². The number of aromatic nitrogens is 1. The maximum atomic E-state index is 10.2. The van der Waals surface area contributed by atoms with Crippen LogP contribution in [0.1, 0.15) is 47.1 Å². The predicted molar refractivity (Wildman–Crippen MR) is 89.1 cm³/mol. The Bertz CT molecular complexity index is 582. The third-order valence-electron chi connectivity index (χ3n) is 3.44. The average Bonchev–Trinajstić information content (AvgIpc) is 2.86. The predicted octanol–water partition coefficient (Wildman–Crippen LogP) is 4.05. The Balaban J connectivity index is 1.95. The topological polar surface area (TPSA) is 45.2 Å². The maximum absolute atomic E-state index is 10.2. The molecule has 0 spiro atoms. The van der Waals surface area contributed by atoms with Crippen LogP contribution in [0.15, 0.2) is 24.3 Å². The highest BCUT2D eigenvalue weighted by atomic mass is 35.5. The molecule has 1 aromatic heterocycles. The number of thiazole rings is 1. The molecule has 0 radical (unpaired) electrons. The van der Waals surface area contributed by atoms with E-state index < -0.39 is 6.10 Å². The summed E-state index contributed by atoms with van der Waals surface area (Å²) in [5, 5.41) is 15.4. The van der Waals surface area contributed by atoms with Crippen molar-refractivity contribution >= 4 is 22.9 Å². The van der Waals surface area contributed by atoms with Gasteiger partial charge in [-0.2, -0.15) is 0 Å². The second-order valence-corrected chi connectivity index (χ2v) is 6.66. The lowest BCUT2D eigenvalue weighted by Gasteiger charge is -2.17. The minimum atomic E-state index is -0.538. The molecule has 2 unspecified atom stereocenters. The number of halogens is 1. The Morgan fingerprint density at radius 3 is 2.57 bits per heavy atom. The molecule has 114 valence electrons. The number of benzene rings is 1. The second kappa shape index (κ2) is 7.36. The van der Waals surface area contributed by atoms with Gasteiger partial charge in [0.25, 0.3) is 0 Å². The van der Waals surface area contributed by atoms with Crippen LogP contribution >= 0.6 is 22.9 Å². The van der Waals surface area contributed by atoms with E-state index in [1.165, 1.54) is 4.88 Å². The lowest BCUT2D eigenvalue weighted by molar-refractivity contribution is 0.171. The lowest BCUT2D eigenvalue weighted by atomic mass is 10.1. The highest BCUT2D eigenvalue weighted by Gasteiger charge is 2.15.